The number of rotatable bonds is 5. The number of nitrogens with one attached hydrogen (secondary N) is 1. The molecule has 1 aromatic heterocycles. The fourth-order valence-electron chi connectivity index (χ4n) is 1.77. The van der Waals surface area contributed by atoms with Crippen LogP contribution in [0.2, 0.25) is 0 Å². The van der Waals surface area contributed by atoms with E-state index < -0.39 is 0 Å². The first-order valence-electron chi connectivity index (χ1n) is 6.34. The van der Waals surface area contributed by atoms with Crippen LogP contribution < -0.4 is 5.32 Å². The lowest BCUT2D eigenvalue weighted by Crippen LogP contribution is -2.27. The van der Waals surface area contributed by atoms with Crippen LogP contribution in [0.1, 0.15) is 37.0 Å². The summed E-state index contributed by atoms with van der Waals surface area (Å²) in [6.07, 6.45) is 0.692. The minimum absolute atomic E-state index is 0.205. The monoisotopic (exact) mass is 323 g/mol. The number of hydrogen-bond acceptors (Lipinski definition) is 4. The third-order valence-corrected chi connectivity index (χ3v) is 3.88. The molecule has 0 saturated carbocycles. The van der Waals surface area contributed by atoms with E-state index in [1.165, 1.54) is 5.56 Å². The van der Waals surface area contributed by atoms with E-state index in [4.69, 9.17) is 4.52 Å². The predicted molar refractivity (Wildman–Crippen MR) is 78.2 cm³/mol. The van der Waals surface area contributed by atoms with E-state index >= 15 is 0 Å². The van der Waals surface area contributed by atoms with Crippen molar-refractivity contribution in [2.24, 2.45) is 0 Å². The van der Waals surface area contributed by atoms with Gasteiger partial charge in [-0.3, -0.25) is 0 Å². The summed E-state index contributed by atoms with van der Waals surface area (Å²) in [5, 5.41) is 7.24. The summed E-state index contributed by atoms with van der Waals surface area (Å²) in [5.74, 6) is 1.62. The lowest BCUT2D eigenvalue weighted by Gasteiger charge is -2.14. The van der Waals surface area contributed by atoms with Crippen molar-refractivity contribution in [3.63, 3.8) is 0 Å². The Morgan fingerprint density at radius 1 is 1.26 bits per heavy atom. The van der Waals surface area contributed by atoms with Crippen molar-refractivity contribution in [3.8, 4) is 0 Å². The highest BCUT2D eigenvalue weighted by Crippen LogP contribution is 2.18. The van der Waals surface area contributed by atoms with E-state index in [0.717, 1.165) is 10.3 Å². The molecule has 2 atom stereocenters. The summed E-state index contributed by atoms with van der Waals surface area (Å²) in [5.41, 5.74) is 1.17. The SMILES string of the molecule is CNC(C)C(C)c1nc(Cc2ccc(Br)cc2)no1. The number of likely N-dealkylation sites (N-methyl/N-ethyl adjacent to an activating group) is 1. The maximum atomic E-state index is 5.33. The van der Waals surface area contributed by atoms with Gasteiger partial charge in [-0.2, -0.15) is 4.98 Å². The molecule has 4 nitrogen and oxygen atoms in total. The van der Waals surface area contributed by atoms with Crippen LogP contribution >= 0.6 is 15.9 Å². The molecular weight excluding hydrogens is 306 g/mol. The van der Waals surface area contributed by atoms with Gasteiger partial charge < -0.3 is 9.84 Å². The molecule has 102 valence electrons. The van der Waals surface area contributed by atoms with Crippen LogP contribution in [0.15, 0.2) is 33.3 Å². The Hall–Kier alpha value is -1.20. The van der Waals surface area contributed by atoms with Crippen LogP contribution in [-0.4, -0.2) is 23.2 Å². The zero-order chi connectivity index (χ0) is 13.8. The zero-order valence-corrected chi connectivity index (χ0v) is 12.9. The summed E-state index contributed by atoms with van der Waals surface area (Å²) in [6.45, 7) is 4.18. The van der Waals surface area contributed by atoms with Gasteiger partial charge in [0, 0.05) is 16.9 Å². The molecule has 0 aliphatic carbocycles. The first kappa shape index (κ1) is 14.2. The smallest absolute Gasteiger partial charge is 0.231 e. The van der Waals surface area contributed by atoms with E-state index in [-0.39, 0.29) is 5.92 Å². The van der Waals surface area contributed by atoms with E-state index in [1.807, 2.05) is 19.2 Å². The van der Waals surface area contributed by atoms with Crippen LogP contribution in [0, 0.1) is 0 Å². The van der Waals surface area contributed by atoms with Gasteiger partial charge in [0.1, 0.15) is 0 Å². The van der Waals surface area contributed by atoms with Crippen molar-refractivity contribution in [2.75, 3.05) is 7.05 Å². The quantitative estimate of drug-likeness (QED) is 0.918. The minimum Gasteiger partial charge on any atom is -0.339 e. The lowest BCUT2D eigenvalue weighted by atomic mass is 10.0. The van der Waals surface area contributed by atoms with Crippen LogP contribution in [-0.2, 0) is 6.42 Å². The van der Waals surface area contributed by atoms with Crippen LogP contribution in [0.5, 0.6) is 0 Å². The van der Waals surface area contributed by atoms with Crippen molar-refractivity contribution in [3.05, 3.63) is 46.0 Å². The number of aromatic nitrogens is 2. The summed E-state index contributed by atoms with van der Waals surface area (Å²) in [4.78, 5) is 4.47. The second-order valence-corrected chi connectivity index (χ2v) is 5.63. The van der Waals surface area contributed by atoms with E-state index in [2.05, 4.69) is 57.4 Å². The zero-order valence-electron chi connectivity index (χ0n) is 11.4. The summed E-state index contributed by atoms with van der Waals surface area (Å²) < 4.78 is 6.41. The van der Waals surface area contributed by atoms with Crippen molar-refractivity contribution < 1.29 is 4.52 Å². The Balaban J connectivity index is 2.07. The third kappa shape index (κ3) is 3.64. The number of nitrogens with zero attached hydrogens (tertiary/aromatic N) is 2. The van der Waals surface area contributed by atoms with Crippen molar-refractivity contribution in [1.29, 1.82) is 0 Å². The normalized spacial score (nSPS) is 14.3. The average Bonchev–Trinajstić information content (AvgIpc) is 2.88. The topological polar surface area (TPSA) is 51.0 Å². The summed E-state index contributed by atoms with van der Waals surface area (Å²) in [7, 11) is 1.93. The molecule has 0 spiro atoms. The Morgan fingerprint density at radius 3 is 2.58 bits per heavy atom. The van der Waals surface area contributed by atoms with Gasteiger partial charge in [0.25, 0.3) is 0 Å². The third-order valence-electron chi connectivity index (χ3n) is 3.35. The van der Waals surface area contributed by atoms with Gasteiger partial charge >= 0.3 is 0 Å². The predicted octanol–water partition coefficient (Wildman–Crippen LogP) is 3.13. The fraction of sp³-hybridized carbons (Fsp3) is 0.429. The Morgan fingerprint density at radius 2 is 1.95 bits per heavy atom. The van der Waals surface area contributed by atoms with Crippen LogP contribution in [0.3, 0.4) is 0 Å². The maximum absolute atomic E-state index is 5.33. The first-order chi connectivity index (χ1) is 9.10. The van der Waals surface area contributed by atoms with Gasteiger partial charge in [-0.05, 0) is 31.7 Å². The molecular formula is C14H18BrN3O. The highest BCUT2D eigenvalue weighted by molar-refractivity contribution is 9.10. The average molecular weight is 324 g/mol. The Bertz CT molecular complexity index is 524. The fourth-order valence-corrected chi connectivity index (χ4v) is 2.04. The van der Waals surface area contributed by atoms with E-state index in [1.54, 1.807) is 0 Å². The molecule has 2 unspecified atom stereocenters. The molecule has 0 aliphatic heterocycles. The van der Waals surface area contributed by atoms with Crippen molar-refractivity contribution >= 4 is 15.9 Å². The molecule has 2 rings (SSSR count). The van der Waals surface area contributed by atoms with Gasteiger partial charge in [-0.1, -0.05) is 40.1 Å². The molecule has 1 heterocycles. The molecule has 19 heavy (non-hydrogen) atoms. The highest BCUT2D eigenvalue weighted by Gasteiger charge is 2.19. The molecule has 0 aliphatic rings. The Labute approximate surface area is 121 Å². The molecule has 1 N–H and O–H groups in total. The van der Waals surface area contributed by atoms with Gasteiger partial charge in [-0.15, -0.1) is 0 Å². The standard InChI is InChI=1S/C14H18BrN3O/c1-9(10(2)16-3)14-17-13(18-19-14)8-11-4-6-12(15)7-5-11/h4-7,9-10,16H,8H2,1-3H3. The van der Waals surface area contributed by atoms with Gasteiger partial charge in [0.15, 0.2) is 5.82 Å². The van der Waals surface area contributed by atoms with E-state index in [0.29, 0.717) is 18.4 Å². The molecule has 1 aromatic carbocycles. The minimum atomic E-state index is 0.205. The number of benzene rings is 1. The number of halogens is 1. The molecule has 0 amide bonds. The van der Waals surface area contributed by atoms with Crippen LogP contribution in [0.25, 0.3) is 0 Å². The van der Waals surface area contributed by atoms with Crippen LogP contribution in [0.4, 0.5) is 0 Å². The van der Waals surface area contributed by atoms with Crippen molar-refractivity contribution in [1.82, 2.24) is 15.5 Å². The summed E-state index contributed by atoms with van der Waals surface area (Å²) in [6, 6.07) is 8.45. The largest absolute Gasteiger partial charge is 0.339 e. The molecule has 0 radical (unpaired) electrons. The molecule has 0 fully saturated rings. The molecule has 5 heteroatoms. The maximum Gasteiger partial charge on any atom is 0.231 e. The van der Waals surface area contributed by atoms with Gasteiger partial charge in [0.2, 0.25) is 5.89 Å². The summed E-state index contributed by atoms with van der Waals surface area (Å²) >= 11 is 3.42. The molecule has 0 bridgehead atoms. The first-order valence-corrected chi connectivity index (χ1v) is 7.13. The van der Waals surface area contributed by atoms with E-state index in [9.17, 15) is 0 Å². The van der Waals surface area contributed by atoms with Crippen molar-refractivity contribution in [2.45, 2.75) is 32.2 Å². The van der Waals surface area contributed by atoms with Gasteiger partial charge in [0.05, 0.1) is 5.92 Å². The highest BCUT2D eigenvalue weighted by atomic mass is 79.9. The number of hydrogen-bond donors (Lipinski definition) is 1. The molecule has 0 saturated heterocycles. The molecule has 2 aromatic rings. The lowest BCUT2D eigenvalue weighted by molar-refractivity contribution is 0.333. The van der Waals surface area contributed by atoms with Gasteiger partial charge in [-0.25, -0.2) is 0 Å². The second-order valence-electron chi connectivity index (χ2n) is 4.72. The second kappa shape index (κ2) is 6.30. The Kier molecular flexibility index (Phi) is 4.71.